The monoisotopic (exact) mass is 381 g/mol. The lowest BCUT2D eigenvalue weighted by Gasteiger charge is -2.37. The molecule has 2 aromatic rings. The molecule has 0 atom stereocenters. The summed E-state index contributed by atoms with van der Waals surface area (Å²) >= 11 is 0. The van der Waals surface area contributed by atoms with Gasteiger partial charge in [0.15, 0.2) is 17.5 Å². The molecule has 7 heteroatoms. The fourth-order valence-corrected chi connectivity index (χ4v) is 3.28. The van der Waals surface area contributed by atoms with Gasteiger partial charge in [-0.2, -0.15) is 5.46 Å². The second-order valence-electron chi connectivity index (χ2n) is 6.41. The maximum Gasteiger partial charge on any atom is 0.200 e. The van der Waals surface area contributed by atoms with E-state index in [1.54, 1.807) is 56.3 Å². The quantitative estimate of drug-likeness (QED) is 0.311. The lowest BCUT2D eigenvalue weighted by Crippen LogP contribution is -2.50. The Bertz CT molecular complexity index is 835. The molecular formula is C20H21BF5N-. The number of allylic oxidation sites excluding steroid dienone is 2. The number of hydrogen-bond acceptors (Lipinski definition) is 1. The molecule has 0 heterocycles. The Labute approximate surface area is 156 Å². The van der Waals surface area contributed by atoms with Crippen molar-refractivity contribution in [3.8, 4) is 0 Å². The summed E-state index contributed by atoms with van der Waals surface area (Å²) in [6.45, 7) is 2.56. The topological polar surface area (TPSA) is 3.24 Å². The summed E-state index contributed by atoms with van der Waals surface area (Å²) in [5, 5.41) is 0. The molecule has 0 amide bonds. The van der Waals surface area contributed by atoms with Crippen molar-refractivity contribution >= 4 is 23.3 Å². The van der Waals surface area contributed by atoms with Gasteiger partial charge in [-0.15, -0.1) is 6.08 Å². The van der Waals surface area contributed by atoms with E-state index in [4.69, 9.17) is 0 Å². The van der Waals surface area contributed by atoms with E-state index in [1.807, 2.05) is 6.92 Å². The predicted molar refractivity (Wildman–Crippen MR) is 101 cm³/mol. The van der Waals surface area contributed by atoms with Crippen molar-refractivity contribution in [2.75, 3.05) is 19.0 Å². The van der Waals surface area contributed by atoms with Crippen molar-refractivity contribution in [2.45, 2.75) is 26.7 Å². The van der Waals surface area contributed by atoms with E-state index in [2.05, 4.69) is 0 Å². The number of rotatable bonds is 6. The summed E-state index contributed by atoms with van der Waals surface area (Å²) in [5.74, 6) is -9.59. The van der Waals surface area contributed by atoms with Gasteiger partial charge in [-0.05, 0) is 24.9 Å². The Morgan fingerprint density at radius 2 is 1.41 bits per heavy atom. The van der Waals surface area contributed by atoms with E-state index in [1.165, 1.54) is 0 Å². The standard InChI is InChI=1S/C20H21BF5N/c1-5-9-12(6-2)21(13-10-7-8-11-14(13)27(3)4)15-16(22)18(24)20(26)19(25)17(15)23/h7-11H,5-6H2,1-4H3/q-1/b12-9+. The van der Waals surface area contributed by atoms with Gasteiger partial charge in [0.1, 0.15) is 11.6 Å². The number of hydrogen-bond donors (Lipinski definition) is 0. The van der Waals surface area contributed by atoms with Gasteiger partial charge in [-0.3, -0.25) is 5.47 Å². The van der Waals surface area contributed by atoms with Crippen LogP contribution in [-0.2, 0) is 0 Å². The van der Waals surface area contributed by atoms with Crippen LogP contribution in [0.1, 0.15) is 26.7 Å². The Morgan fingerprint density at radius 3 is 1.89 bits per heavy atom. The second-order valence-corrected chi connectivity index (χ2v) is 6.41. The molecule has 1 nitrogen and oxygen atoms in total. The largest absolute Gasteiger partial charge is 0.380 e. The van der Waals surface area contributed by atoms with Crippen LogP contribution in [0.4, 0.5) is 27.6 Å². The van der Waals surface area contributed by atoms with Gasteiger partial charge in [0.2, 0.25) is 0 Å². The van der Waals surface area contributed by atoms with Crippen molar-refractivity contribution in [2.24, 2.45) is 0 Å². The first kappa shape index (κ1) is 21.0. The number of nitrogens with zero attached hydrogens (tertiary/aromatic N) is 1. The SMILES string of the molecule is CC/C=C(\CC)[B-](c1ccccc1N(C)C)c1c(F)c(F)c(F)c(F)c1F. The third-order valence-corrected chi connectivity index (χ3v) is 4.51. The first-order valence-electron chi connectivity index (χ1n) is 8.72. The zero-order valence-electron chi connectivity index (χ0n) is 15.7. The molecule has 0 aliphatic carbocycles. The average molecular weight is 381 g/mol. The number of anilines is 1. The van der Waals surface area contributed by atoms with Crippen molar-refractivity contribution in [3.05, 3.63) is 64.9 Å². The lowest BCUT2D eigenvalue weighted by molar-refractivity contribution is 0.384. The van der Waals surface area contributed by atoms with Crippen molar-refractivity contribution in [1.29, 1.82) is 0 Å². The molecule has 0 bridgehead atoms. The molecular weight excluding hydrogens is 360 g/mol. The van der Waals surface area contributed by atoms with Crippen LogP contribution in [0, 0.1) is 29.1 Å². The summed E-state index contributed by atoms with van der Waals surface area (Å²) in [6, 6.07) is 6.83. The molecule has 0 fully saturated rings. The van der Waals surface area contributed by atoms with Gasteiger partial charge in [0.25, 0.3) is 0 Å². The maximum atomic E-state index is 14.6. The molecule has 2 aromatic carbocycles. The third kappa shape index (κ3) is 3.87. The highest BCUT2D eigenvalue weighted by atomic mass is 19.2. The summed E-state index contributed by atoms with van der Waals surface area (Å²) in [6.07, 6.45) is 2.74. The summed E-state index contributed by atoms with van der Waals surface area (Å²) < 4.78 is 70.6. The van der Waals surface area contributed by atoms with Crippen LogP contribution >= 0.6 is 0 Å². The number of halogens is 5. The zero-order valence-corrected chi connectivity index (χ0v) is 15.7. The molecule has 27 heavy (non-hydrogen) atoms. The molecule has 0 N–H and O–H groups in total. The fourth-order valence-electron chi connectivity index (χ4n) is 3.28. The minimum absolute atomic E-state index is 0.403. The van der Waals surface area contributed by atoms with Gasteiger partial charge in [-0.1, -0.05) is 38.5 Å². The van der Waals surface area contributed by atoms with Crippen LogP contribution < -0.4 is 15.8 Å². The summed E-state index contributed by atoms with van der Waals surface area (Å²) in [5.41, 5.74) is 0.895. The molecule has 0 aromatic heterocycles. The average Bonchev–Trinajstić information content (AvgIpc) is 2.66. The third-order valence-electron chi connectivity index (χ3n) is 4.51. The van der Waals surface area contributed by atoms with E-state index in [0.717, 1.165) is 0 Å². The van der Waals surface area contributed by atoms with Crippen LogP contribution in [0.25, 0.3) is 0 Å². The van der Waals surface area contributed by atoms with Crippen LogP contribution in [0.15, 0.2) is 35.8 Å². The smallest absolute Gasteiger partial charge is 0.200 e. The van der Waals surface area contributed by atoms with Crippen molar-refractivity contribution < 1.29 is 22.0 Å². The molecule has 0 saturated carbocycles. The van der Waals surface area contributed by atoms with E-state index in [-0.39, 0.29) is 0 Å². The van der Waals surface area contributed by atoms with Gasteiger partial charge in [0, 0.05) is 14.1 Å². The maximum absolute atomic E-state index is 14.6. The molecule has 0 spiro atoms. The van der Waals surface area contributed by atoms with E-state index in [9.17, 15) is 22.0 Å². The molecule has 0 aliphatic rings. The highest BCUT2D eigenvalue weighted by Gasteiger charge is 2.26. The zero-order chi connectivity index (χ0) is 20.3. The van der Waals surface area contributed by atoms with Gasteiger partial charge in [-0.25, -0.2) is 27.4 Å². The molecule has 0 aliphatic heterocycles. The summed E-state index contributed by atoms with van der Waals surface area (Å²) in [4.78, 5) is 1.74. The Balaban J connectivity index is 2.92. The first-order valence-corrected chi connectivity index (χ1v) is 8.72. The molecule has 0 saturated heterocycles. The van der Waals surface area contributed by atoms with Crippen molar-refractivity contribution in [1.82, 2.24) is 0 Å². The lowest BCUT2D eigenvalue weighted by atomic mass is 9.35. The van der Waals surface area contributed by atoms with Gasteiger partial charge < -0.3 is 4.90 Å². The second kappa shape index (κ2) is 8.59. The molecule has 0 unspecified atom stereocenters. The normalized spacial score (nSPS) is 12.0. The molecule has 2 rings (SSSR count). The summed E-state index contributed by atoms with van der Waals surface area (Å²) in [7, 11) is 3.51. The van der Waals surface area contributed by atoms with Crippen LogP contribution in [-0.4, -0.2) is 20.8 Å². The highest BCUT2D eigenvalue weighted by Crippen LogP contribution is 2.22. The van der Waals surface area contributed by atoms with E-state index < -0.39 is 41.3 Å². The predicted octanol–water partition coefficient (Wildman–Crippen LogP) is 4.34. The van der Waals surface area contributed by atoms with Crippen LogP contribution in [0.3, 0.4) is 0 Å². The molecule has 145 valence electrons. The van der Waals surface area contributed by atoms with Crippen molar-refractivity contribution in [3.63, 3.8) is 0 Å². The van der Waals surface area contributed by atoms with E-state index in [0.29, 0.717) is 29.5 Å². The van der Waals surface area contributed by atoms with Gasteiger partial charge in [0.05, 0.1) is 0 Å². The van der Waals surface area contributed by atoms with E-state index >= 15 is 0 Å². The number of para-hydroxylation sites is 1. The molecule has 1 radical (unpaired) electrons. The van der Waals surface area contributed by atoms with Gasteiger partial charge >= 0.3 is 0 Å². The van der Waals surface area contributed by atoms with Crippen LogP contribution in [0.2, 0.25) is 0 Å². The van der Waals surface area contributed by atoms with Crippen LogP contribution in [0.5, 0.6) is 0 Å². The minimum atomic E-state index is -2.15. The number of benzene rings is 2. The fraction of sp³-hybridized carbons (Fsp3) is 0.300. The Hall–Kier alpha value is -2.31. The Morgan fingerprint density at radius 1 is 0.889 bits per heavy atom. The minimum Gasteiger partial charge on any atom is -0.380 e. The Kier molecular flexibility index (Phi) is 6.68. The highest BCUT2D eigenvalue weighted by molar-refractivity contribution is 6.92. The first-order chi connectivity index (χ1) is 12.8.